The van der Waals surface area contributed by atoms with Gasteiger partial charge in [-0.25, -0.2) is 24.7 Å². The molecule has 0 saturated heterocycles. The quantitative estimate of drug-likeness (QED) is 0.285. The summed E-state index contributed by atoms with van der Waals surface area (Å²) in [6.07, 6.45) is 4.13. The van der Waals surface area contributed by atoms with Crippen LogP contribution >= 0.6 is 0 Å². The van der Waals surface area contributed by atoms with Crippen LogP contribution in [0.15, 0.2) is 36.4 Å². The molecule has 0 amide bonds. The van der Waals surface area contributed by atoms with Crippen molar-refractivity contribution in [1.29, 1.82) is 0 Å². The lowest BCUT2D eigenvalue weighted by atomic mass is 9.82. The lowest BCUT2D eigenvalue weighted by Gasteiger charge is -2.25. The zero-order valence-corrected chi connectivity index (χ0v) is 22.3. The molecule has 0 aliphatic heterocycles. The first-order valence-corrected chi connectivity index (χ1v) is 13.5. The van der Waals surface area contributed by atoms with E-state index in [0.29, 0.717) is 70.5 Å². The molecule has 3 aromatic heterocycles. The number of benzene rings is 1. The van der Waals surface area contributed by atoms with Gasteiger partial charge in [0.15, 0.2) is 17.1 Å². The number of aromatic nitrogens is 5. The van der Waals surface area contributed by atoms with E-state index < -0.39 is 11.3 Å². The van der Waals surface area contributed by atoms with Gasteiger partial charge in [0.1, 0.15) is 22.9 Å². The largest absolute Gasteiger partial charge is 0.760 e. The summed E-state index contributed by atoms with van der Waals surface area (Å²) in [5, 5.41) is 0. The first-order chi connectivity index (χ1) is 18.5. The van der Waals surface area contributed by atoms with Crippen LogP contribution in [0.3, 0.4) is 0 Å². The van der Waals surface area contributed by atoms with Crippen LogP contribution in [0.1, 0.15) is 37.6 Å². The van der Waals surface area contributed by atoms with Crippen molar-refractivity contribution in [3.8, 4) is 34.6 Å². The molecule has 0 bridgehead atoms. The van der Waals surface area contributed by atoms with Gasteiger partial charge in [-0.1, -0.05) is 31.4 Å². The summed E-state index contributed by atoms with van der Waals surface area (Å²) in [4.78, 5) is 19.4. The molecule has 0 spiro atoms. The lowest BCUT2D eigenvalue weighted by molar-refractivity contribution is 0.311. The van der Waals surface area contributed by atoms with E-state index in [1.807, 2.05) is 37.3 Å². The van der Waals surface area contributed by atoms with Gasteiger partial charge in [0.05, 0.1) is 38.8 Å². The van der Waals surface area contributed by atoms with E-state index in [1.54, 1.807) is 24.9 Å². The molecule has 3 heterocycles. The monoisotopic (exact) mass is 537 g/mol. The standard InChI is InChI=1S/C26H30N6O5S/c1-4-37-22-13-6-10-17(28-22)25-31-24-26(32(25)23-20(35-2)11-7-12-21(23)36-3)30-19(15-27-38(33)34)18(29-24)14-16-8-5-9-16/h6-7,10-13,16,27H,4-5,8-9,14-15H2,1-3H3,(H,33,34)/p-1. The molecule has 1 aliphatic carbocycles. The molecule has 4 aromatic rings. The normalized spacial score (nSPS) is 14.3. The average molecular weight is 538 g/mol. The highest BCUT2D eigenvalue weighted by molar-refractivity contribution is 7.77. The van der Waals surface area contributed by atoms with E-state index in [4.69, 9.17) is 29.2 Å². The Morgan fingerprint density at radius 2 is 1.76 bits per heavy atom. The van der Waals surface area contributed by atoms with Crippen molar-refractivity contribution in [1.82, 2.24) is 29.2 Å². The van der Waals surface area contributed by atoms with Crippen LogP contribution in [-0.2, 0) is 24.2 Å². The van der Waals surface area contributed by atoms with Crippen molar-refractivity contribution in [2.24, 2.45) is 5.92 Å². The topological polar surface area (TPSA) is 136 Å². The second-order valence-corrected chi connectivity index (χ2v) is 9.66. The first kappa shape index (κ1) is 26.0. The van der Waals surface area contributed by atoms with Crippen molar-refractivity contribution in [2.45, 2.75) is 39.2 Å². The minimum absolute atomic E-state index is 0.0166. The number of imidazole rings is 1. The number of hydrogen-bond acceptors (Lipinski definition) is 9. The minimum atomic E-state index is -2.44. The lowest BCUT2D eigenvalue weighted by Crippen LogP contribution is -2.21. The van der Waals surface area contributed by atoms with Crippen LogP contribution in [-0.4, -0.2) is 54.1 Å². The Morgan fingerprint density at radius 3 is 2.39 bits per heavy atom. The van der Waals surface area contributed by atoms with Crippen LogP contribution in [0, 0.1) is 5.92 Å². The molecule has 1 saturated carbocycles. The predicted molar refractivity (Wildman–Crippen MR) is 141 cm³/mol. The maximum Gasteiger partial charge on any atom is 0.213 e. The van der Waals surface area contributed by atoms with Crippen molar-refractivity contribution in [3.05, 3.63) is 47.8 Å². The fraction of sp³-hybridized carbons (Fsp3) is 0.385. The molecule has 1 unspecified atom stereocenters. The number of ether oxygens (including phenoxy) is 3. The van der Waals surface area contributed by atoms with Gasteiger partial charge in [-0.3, -0.25) is 8.78 Å². The van der Waals surface area contributed by atoms with Crippen LogP contribution in [0.25, 0.3) is 28.5 Å². The van der Waals surface area contributed by atoms with E-state index in [9.17, 15) is 8.76 Å². The molecule has 1 atom stereocenters. The van der Waals surface area contributed by atoms with Crippen LogP contribution in [0.4, 0.5) is 0 Å². The predicted octanol–water partition coefficient (Wildman–Crippen LogP) is 3.52. The SMILES string of the molecule is CCOc1cccc(-c2nc3nc(CC4CCC4)c(CNS(=O)[O-])nc3n2-c2c(OC)cccc2OC)n1. The number of nitrogens with zero attached hydrogens (tertiary/aromatic N) is 5. The zero-order chi connectivity index (χ0) is 26.6. The van der Waals surface area contributed by atoms with Gasteiger partial charge in [0.25, 0.3) is 0 Å². The number of pyridine rings is 1. The maximum absolute atomic E-state index is 11.3. The van der Waals surface area contributed by atoms with Crippen LogP contribution in [0.5, 0.6) is 17.4 Å². The fourth-order valence-electron chi connectivity index (χ4n) is 4.57. The molecule has 0 radical (unpaired) electrons. The number of nitrogens with one attached hydrogen (secondary N) is 1. The van der Waals surface area contributed by atoms with E-state index in [0.717, 1.165) is 18.5 Å². The zero-order valence-electron chi connectivity index (χ0n) is 21.5. The average Bonchev–Trinajstić information content (AvgIpc) is 3.26. The molecule has 1 aliphatic rings. The molecule has 1 aromatic carbocycles. The molecule has 11 nitrogen and oxygen atoms in total. The van der Waals surface area contributed by atoms with E-state index in [1.165, 1.54) is 6.42 Å². The number of para-hydroxylation sites is 1. The third-order valence-corrected chi connectivity index (χ3v) is 6.96. The van der Waals surface area contributed by atoms with E-state index in [2.05, 4.69) is 9.71 Å². The Hall–Kier alpha value is -3.61. The highest BCUT2D eigenvalue weighted by atomic mass is 32.2. The Morgan fingerprint density at radius 1 is 1.03 bits per heavy atom. The summed E-state index contributed by atoms with van der Waals surface area (Å²) >= 11 is -2.44. The van der Waals surface area contributed by atoms with Gasteiger partial charge >= 0.3 is 0 Å². The Labute approximate surface area is 223 Å². The Balaban J connectivity index is 1.78. The van der Waals surface area contributed by atoms with Gasteiger partial charge in [-0.2, -0.15) is 0 Å². The summed E-state index contributed by atoms with van der Waals surface area (Å²) in [7, 11) is 3.15. The van der Waals surface area contributed by atoms with E-state index in [-0.39, 0.29) is 6.54 Å². The van der Waals surface area contributed by atoms with Crippen molar-refractivity contribution in [2.75, 3.05) is 20.8 Å². The maximum atomic E-state index is 11.3. The third-order valence-electron chi connectivity index (χ3n) is 6.58. The summed E-state index contributed by atoms with van der Waals surface area (Å²) in [5.41, 5.74) is 3.25. The number of rotatable bonds is 11. The molecular formula is C26H29N6O5S-. The van der Waals surface area contributed by atoms with Gasteiger partial charge in [-0.15, -0.1) is 0 Å². The van der Waals surface area contributed by atoms with Crippen molar-refractivity contribution in [3.63, 3.8) is 0 Å². The molecule has 5 rings (SSSR count). The minimum Gasteiger partial charge on any atom is -0.760 e. The molecule has 1 N–H and O–H groups in total. The molecule has 38 heavy (non-hydrogen) atoms. The first-order valence-electron chi connectivity index (χ1n) is 12.4. The van der Waals surface area contributed by atoms with Gasteiger partial charge in [0.2, 0.25) is 5.88 Å². The van der Waals surface area contributed by atoms with Crippen molar-refractivity contribution >= 4 is 22.6 Å². The van der Waals surface area contributed by atoms with Crippen LogP contribution < -0.4 is 18.9 Å². The summed E-state index contributed by atoms with van der Waals surface area (Å²) in [5.74, 6) is 2.50. The van der Waals surface area contributed by atoms with Gasteiger partial charge in [-0.05, 0) is 37.5 Å². The molecular weight excluding hydrogens is 508 g/mol. The second-order valence-electron chi connectivity index (χ2n) is 8.90. The smallest absolute Gasteiger partial charge is 0.213 e. The number of methoxy groups -OCH3 is 2. The molecule has 200 valence electrons. The highest BCUT2D eigenvalue weighted by Crippen LogP contribution is 2.38. The summed E-state index contributed by atoms with van der Waals surface area (Å²) in [6, 6.07) is 10.9. The summed E-state index contributed by atoms with van der Waals surface area (Å²) < 4.78 is 44.0. The van der Waals surface area contributed by atoms with E-state index >= 15 is 0 Å². The highest BCUT2D eigenvalue weighted by Gasteiger charge is 2.26. The Bertz CT molecular complexity index is 1450. The van der Waals surface area contributed by atoms with Gasteiger partial charge in [0, 0.05) is 17.3 Å². The van der Waals surface area contributed by atoms with Gasteiger partial charge < -0.3 is 18.8 Å². The van der Waals surface area contributed by atoms with Crippen molar-refractivity contribution < 1.29 is 23.0 Å². The third kappa shape index (κ3) is 5.19. The Kier molecular flexibility index (Phi) is 7.82. The van der Waals surface area contributed by atoms with Crippen LogP contribution in [0.2, 0.25) is 0 Å². The number of hydrogen-bond donors (Lipinski definition) is 1. The fourth-order valence-corrected chi connectivity index (χ4v) is 4.82. The number of fused-ring (bicyclic) bond motifs is 1. The second kappa shape index (κ2) is 11.4. The summed E-state index contributed by atoms with van der Waals surface area (Å²) in [6.45, 7) is 2.38. The molecule has 1 fully saturated rings. The molecule has 12 heteroatoms.